The van der Waals surface area contributed by atoms with E-state index < -0.39 is 0 Å². The van der Waals surface area contributed by atoms with Crippen molar-refractivity contribution in [3.05, 3.63) is 70.8 Å². The molecule has 0 fully saturated rings. The molecule has 20 heavy (non-hydrogen) atoms. The van der Waals surface area contributed by atoms with Crippen LogP contribution in [0.15, 0.2) is 63.9 Å². The molecule has 0 bridgehead atoms. The first-order chi connectivity index (χ1) is 9.83. The second kappa shape index (κ2) is 4.13. The fourth-order valence-electron chi connectivity index (χ4n) is 2.60. The normalized spacial score (nSPS) is 11.4. The minimum atomic E-state index is -0.323. The number of H-pyrrole nitrogens is 1. The molecule has 0 unspecified atom stereocenters. The zero-order valence-electron chi connectivity index (χ0n) is 10.7. The summed E-state index contributed by atoms with van der Waals surface area (Å²) in [6, 6.07) is 15.5. The number of nitrogens with zero attached hydrogens (tertiary/aromatic N) is 1. The van der Waals surface area contributed by atoms with E-state index in [9.17, 15) is 4.79 Å². The number of oxazole rings is 1. The molecular formula is C16H12N2O2. The molecule has 0 amide bonds. The number of nitrogens with one attached hydrogen (secondary N) is 1. The Labute approximate surface area is 114 Å². The van der Waals surface area contributed by atoms with Crippen molar-refractivity contribution in [2.24, 2.45) is 0 Å². The Balaban J connectivity index is 1.89. The Hall–Kier alpha value is -2.75. The van der Waals surface area contributed by atoms with Crippen LogP contribution in [-0.4, -0.2) is 9.55 Å². The van der Waals surface area contributed by atoms with Crippen molar-refractivity contribution in [3.63, 3.8) is 0 Å². The lowest BCUT2D eigenvalue weighted by Crippen LogP contribution is -2.14. The van der Waals surface area contributed by atoms with Crippen molar-refractivity contribution in [1.82, 2.24) is 9.55 Å². The van der Waals surface area contributed by atoms with E-state index in [4.69, 9.17) is 4.42 Å². The zero-order valence-corrected chi connectivity index (χ0v) is 10.7. The van der Waals surface area contributed by atoms with Crippen LogP contribution in [-0.2, 0) is 6.54 Å². The lowest BCUT2D eigenvalue weighted by molar-refractivity contribution is 0.518. The molecular weight excluding hydrogens is 252 g/mol. The average molecular weight is 264 g/mol. The van der Waals surface area contributed by atoms with Gasteiger partial charge in [0.05, 0.1) is 12.1 Å². The highest BCUT2D eigenvalue weighted by Crippen LogP contribution is 2.20. The second-order valence-corrected chi connectivity index (χ2v) is 4.78. The number of benzene rings is 2. The van der Waals surface area contributed by atoms with Gasteiger partial charge in [-0.2, -0.15) is 0 Å². The Morgan fingerprint density at radius 2 is 1.85 bits per heavy atom. The first-order valence-electron chi connectivity index (χ1n) is 6.46. The van der Waals surface area contributed by atoms with Crippen LogP contribution in [0, 0.1) is 0 Å². The summed E-state index contributed by atoms with van der Waals surface area (Å²) in [7, 11) is 0. The summed E-state index contributed by atoms with van der Waals surface area (Å²) in [5, 5.41) is 1.13. The van der Waals surface area contributed by atoms with Crippen LogP contribution < -0.4 is 5.76 Å². The number of para-hydroxylation sites is 3. The number of hydrogen-bond donors (Lipinski definition) is 1. The van der Waals surface area contributed by atoms with E-state index in [1.165, 1.54) is 0 Å². The highest BCUT2D eigenvalue weighted by atomic mass is 16.4. The van der Waals surface area contributed by atoms with Gasteiger partial charge in [-0.05, 0) is 23.8 Å². The molecule has 2 aromatic carbocycles. The van der Waals surface area contributed by atoms with Crippen molar-refractivity contribution < 1.29 is 4.42 Å². The van der Waals surface area contributed by atoms with Gasteiger partial charge in [-0.1, -0.05) is 30.3 Å². The smallest absolute Gasteiger partial charge is 0.408 e. The predicted molar refractivity (Wildman–Crippen MR) is 77.9 cm³/mol. The maximum atomic E-state index is 12.0. The van der Waals surface area contributed by atoms with Crippen LogP contribution in [0.25, 0.3) is 22.0 Å². The fraction of sp³-hybridized carbons (Fsp3) is 0.0625. The number of aromatic amines is 1. The molecule has 0 aliphatic carbocycles. The first kappa shape index (κ1) is 11.1. The van der Waals surface area contributed by atoms with Gasteiger partial charge in [0.1, 0.15) is 0 Å². The number of rotatable bonds is 2. The Morgan fingerprint density at radius 3 is 2.80 bits per heavy atom. The van der Waals surface area contributed by atoms with E-state index in [-0.39, 0.29) is 5.76 Å². The van der Waals surface area contributed by atoms with E-state index in [1.807, 2.05) is 48.7 Å². The van der Waals surface area contributed by atoms with Gasteiger partial charge < -0.3 is 9.40 Å². The van der Waals surface area contributed by atoms with Crippen molar-refractivity contribution in [2.45, 2.75) is 6.54 Å². The van der Waals surface area contributed by atoms with E-state index >= 15 is 0 Å². The van der Waals surface area contributed by atoms with E-state index in [0.29, 0.717) is 12.1 Å². The summed E-state index contributed by atoms with van der Waals surface area (Å²) in [6.07, 6.45) is 1.94. The maximum absolute atomic E-state index is 12.0. The molecule has 4 rings (SSSR count). The topological polar surface area (TPSA) is 50.9 Å². The lowest BCUT2D eigenvalue weighted by Gasteiger charge is -2.01. The Kier molecular flexibility index (Phi) is 2.29. The largest absolute Gasteiger partial charge is 0.420 e. The summed E-state index contributed by atoms with van der Waals surface area (Å²) in [6.45, 7) is 0.500. The lowest BCUT2D eigenvalue weighted by atomic mass is 10.2. The third kappa shape index (κ3) is 1.58. The van der Waals surface area contributed by atoms with Crippen LogP contribution in [0.3, 0.4) is 0 Å². The van der Waals surface area contributed by atoms with E-state index in [0.717, 1.165) is 22.0 Å². The monoisotopic (exact) mass is 264 g/mol. The van der Waals surface area contributed by atoms with E-state index in [2.05, 4.69) is 11.1 Å². The highest BCUT2D eigenvalue weighted by Gasteiger charge is 2.11. The third-order valence-electron chi connectivity index (χ3n) is 3.58. The molecule has 0 spiro atoms. The summed E-state index contributed by atoms with van der Waals surface area (Å²) >= 11 is 0. The minimum Gasteiger partial charge on any atom is -0.408 e. The molecule has 2 heterocycles. The predicted octanol–water partition coefficient (Wildman–Crippen LogP) is 3.12. The molecule has 98 valence electrons. The van der Waals surface area contributed by atoms with Gasteiger partial charge in [0.25, 0.3) is 0 Å². The molecule has 0 aliphatic rings. The van der Waals surface area contributed by atoms with Crippen molar-refractivity contribution in [2.75, 3.05) is 0 Å². The van der Waals surface area contributed by atoms with Crippen LogP contribution in [0.4, 0.5) is 0 Å². The molecule has 4 nitrogen and oxygen atoms in total. The van der Waals surface area contributed by atoms with Gasteiger partial charge >= 0.3 is 5.76 Å². The highest BCUT2D eigenvalue weighted by molar-refractivity contribution is 5.83. The molecule has 0 saturated heterocycles. The van der Waals surface area contributed by atoms with Crippen LogP contribution in [0.1, 0.15) is 5.56 Å². The molecule has 0 atom stereocenters. The maximum Gasteiger partial charge on any atom is 0.420 e. The van der Waals surface area contributed by atoms with Crippen molar-refractivity contribution >= 4 is 22.0 Å². The van der Waals surface area contributed by atoms with Crippen LogP contribution in [0.2, 0.25) is 0 Å². The molecule has 4 heteroatoms. The number of hydrogen-bond acceptors (Lipinski definition) is 2. The van der Waals surface area contributed by atoms with Crippen LogP contribution in [0.5, 0.6) is 0 Å². The molecule has 2 aromatic heterocycles. The Bertz CT molecular complexity index is 959. The average Bonchev–Trinajstić information content (AvgIpc) is 3.02. The second-order valence-electron chi connectivity index (χ2n) is 4.78. The number of aromatic nitrogens is 2. The summed E-state index contributed by atoms with van der Waals surface area (Å²) in [5.74, 6) is -0.323. The summed E-state index contributed by atoms with van der Waals surface area (Å²) < 4.78 is 6.91. The molecule has 0 saturated carbocycles. The van der Waals surface area contributed by atoms with Crippen molar-refractivity contribution in [1.29, 1.82) is 0 Å². The zero-order chi connectivity index (χ0) is 13.5. The quantitative estimate of drug-likeness (QED) is 0.604. The molecule has 4 aromatic rings. The summed E-state index contributed by atoms with van der Waals surface area (Å²) in [4.78, 5) is 15.2. The summed E-state index contributed by atoms with van der Waals surface area (Å²) in [5.41, 5.74) is 3.60. The van der Waals surface area contributed by atoms with Crippen molar-refractivity contribution in [3.8, 4) is 0 Å². The number of fused-ring (bicyclic) bond motifs is 2. The van der Waals surface area contributed by atoms with Gasteiger partial charge in [0, 0.05) is 17.1 Å². The fourth-order valence-corrected chi connectivity index (χ4v) is 2.60. The first-order valence-corrected chi connectivity index (χ1v) is 6.46. The Morgan fingerprint density at radius 1 is 1.05 bits per heavy atom. The molecule has 0 radical (unpaired) electrons. The van der Waals surface area contributed by atoms with E-state index in [1.54, 1.807) is 4.57 Å². The SMILES string of the molecule is O=c1oc2ccccc2n1Cc1c[nH]c2ccccc12. The molecule has 0 aliphatic heterocycles. The van der Waals surface area contributed by atoms with Gasteiger partial charge in [-0.3, -0.25) is 4.57 Å². The van der Waals surface area contributed by atoms with Gasteiger partial charge in [-0.15, -0.1) is 0 Å². The molecule has 1 N–H and O–H groups in total. The van der Waals surface area contributed by atoms with Crippen LogP contribution >= 0.6 is 0 Å². The van der Waals surface area contributed by atoms with Gasteiger partial charge in [0.15, 0.2) is 5.58 Å². The van der Waals surface area contributed by atoms with Gasteiger partial charge in [-0.25, -0.2) is 4.79 Å². The third-order valence-corrected chi connectivity index (χ3v) is 3.58. The van der Waals surface area contributed by atoms with Gasteiger partial charge in [0.2, 0.25) is 0 Å². The standard InChI is InChI=1S/C16H12N2O2/c19-16-18(14-7-3-4-8-15(14)20-16)10-11-9-17-13-6-2-1-5-12(11)13/h1-9,17H,10H2. The minimum absolute atomic E-state index is 0.323.